The van der Waals surface area contributed by atoms with Crippen LogP contribution >= 0.6 is 0 Å². The molecule has 1 rings (SSSR count). The van der Waals surface area contributed by atoms with Crippen LogP contribution in [0.4, 0.5) is 5.69 Å². The Hall–Kier alpha value is -1.95. The maximum atomic E-state index is 10.6. The summed E-state index contributed by atoms with van der Waals surface area (Å²) in [5.41, 5.74) is 1.05. The number of anilines is 1. The van der Waals surface area contributed by atoms with Crippen LogP contribution in [0.15, 0.2) is 24.3 Å². The second kappa shape index (κ2) is 4.93. The number of aromatic carboxylic acids is 1. The summed E-state index contributed by atoms with van der Waals surface area (Å²) in [6.45, 7) is 0.652. The fourth-order valence-electron chi connectivity index (χ4n) is 1.04. The first kappa shape index (κ1) is 10.1. The van der Waals surface area contributed by atoms with Gasteiger partial charge in [-0.05, 0) is 18.2 Å². The second-order valence-electron chi connectivity index (χ2n) is 2.77. The summed E-state index contributed by atoms with van der Waals surface area (Å²) in [4.78, 5) is 10.6. The van der Waals surface area contributed by atoms with Crippen molar-refractivity contribution in [2.45, 2.75) is 6.42 Å². The molecule has 0 aliphatic carbocycles. The topological polar surface area (TPSA) is 49.3 Å². The summed E-state index contributed by atoms with van der Waals surface area (Å²) >= 11 is 0. The minimum absolute atomic E-state index is 0.274. The Morgan fingerprint density at radius 1 is 1.57 bits per heavy atom. The highest BCUT2D eigenvalue weighted by molar-refractivity contribution is 5.88. The van der Waals surface area contributed by atoms with E-state index < -0.39 is 5.97 Å². The van der Waals surface area contributed by atoms with Gasteiger partial charge in [0.25, 0.3) is 0 Å². The van der Waals surface area contributed by atoms with Crippen LogP contribution in [-0.2, 0) is 0 Å². The molecule has 0 radical (unpaired) electrons. The molecule has 72 valence electrons. The van der Waals surface area contributed by atoms with Crippen LogP contribution in [0, 0.1) is 12.3 Å². The zero-order chi connectivity index (χ0) is 10.4. The average molecular weight is 189 g/mol. The molecule has 1 aromatic rings. The summed E-state index contributed by atoms with van der Waals surface area (Å²) in [5, 5.41) is 11.8. The third-order valence-electron chi connectivity index (χ3n) is 1.71. The van der Waals surface area contributed by atoms with Gasteiger partial charge in [0.2, 0.25) is 0 Å². The molecule has 2 N–H and O–H groups in total. The molecule has 0 atom stereocenters. The molecule has 3 nitrogen and oxygen atoms in total. The van der Waals surface area contributed by atoms with Crippen molar-refractivity contribution in [2.75, 3.05) is 11.9 Å². The van der Waals surface area contributed by atoms with E-state index >= 15 is 0 Å². The molecule has 0 aromatic heterocycles. The van der Waals surface area contributed by atoms with Crippen molar-refractivity contribution < 1.29 is 9.90 Å². The number of hydrogen-bond donors (Lipinski definition) is 2. The molecule has 0 bridgehead atoms. The third-order valence-corrected chi connectivity index (χ3v) is 1.71. The molecular weight excluding hydrogens is 178 g/mol. The van der Waals surface area contributed by atoms with Crippen LogP contribution in [0.3, 0.4) is 0 Å². The zero-order valence-corrected chi connectivity index (χ0v) is 7.66. The summed E-state index contributed by atoms with van der Waals surface area (Å²) in [5.74, 6) is 1.57. The number of terminal acetylenes is 1. The quantitative estimate of drug-likeness (QED) is 0.561. The van der Waals surface area contributed by atoms with Crippen molar-refractivity contribution in [1.29, 1.82) is 0 Å². The number of rotatable bonds is 4. The molecular formula is C11H11NO2. The molecule has 0 aliphatic rings. The lowest BCUT2D eigenvalue weighted by Gasteiger charge is -2.04. The van der Waals surface area contributed by atoms with Gasteiger partial charge < -0.3 is 10.4 Å². The Bertz CT molecular complexity index is 366. The Kier molecular flexibility index (Phi) is 3.57. The van der Waals surface area contributed by atoms with Crippen molar-refractivity contribution in [3.05, 3.63) is 29.8 Å². The monoisotopic (exact) mass is 189 g/mol. The molecule has 1 aromatic carbocycles. The van der Waals surface area contributed by atoms with Gasteiger partial charge >= 0.3 is 5.97 Å². The SMILES string of the molecule is C#CCCNc1cccc(C(=O)O)c1. The van der Waals surface area contributed by atoms with E-state index in [4.69, 9.17) is 11.5 Å². The number of nitrogens with one attached hydrogen (secondary N) is 1. The van der Waals surface area contributed by atoms with Crippen LogP contribution in [0.25, 0.3) is 0 Å². The van der Waals surface area contributed by atoms with Crippen molar-refractivity contribution in [1.82, 2.24) is 0 Å². The van der Waals surface area contributed by atoms with Gasteiger partial charge in [-0.15, -0.1) is 12.3 Å². The molecule has 0 saturated carbocycles. The predicted molar refractivity (Wildman–Crippen MR) is 55.3 cm³/mol. The number of carbonyl (C=O) groups is 1. The maximum absolute atomic E-state index is 10.6. The first-order valence-electron chi connectivity index (χ1n) is 4.24. The molecule has 0 aliphatic heterocycles. The lowest BCUT2D eigenvalue weighted by molar-refractivity contribution is 0.0697. The van der Waals surface area contributed by atoms with Gasteiger partial charge in [0.05, 0.1) is 5.56 Å². The van der Waals surface area contributed by atoms with E-state index in [9.17, 15) is 4.79 Å². The summed E-state index contributed by atoms with van der Waals surface area (Å²) in [6.07, 6.45) is 5.71. The normalized spacial score (nSPS) is 9.07. The summed E-state index contributed by atoms with van der Waals surface area (Å²) in [7, 11) is 0. The number of carboxylic acids is 1. The van der Waals surface area contributed by atoms with Gasteiger partial charge in [-0.1, -0.05) is 6.07 Å². The van der Waals surface area contributed by atoms with Crippen LogP contribution in [0.2, 0.25) is 0 Å². The second-order valence-corrected chi connectivity index (χ2v) is 2.77. The van der Waals surface area contributed by atoms with Gasteiger partial charge in [0.15, 0.2) is 0 Å². The fourth-order valence-corrected chi connectivity index (χ4v) is 1.04. The Morgan fingerprint density at radius 3 is 3.00 bits per heavy atom. The van der Waals surface area contributed by atoms with Crippen molar-refractivity contribution >= 4 is 11.7 Å². The van der Waals surface area contributed by atoms with Crippen LogP contribution in [0.5, 0.6) is 0 Å². The van der Waals surface area contributed by atoms with Gasteiger partial charge in [-0.3, -0.25) is 0 Å². The van der Waals surface area contributed by atoms with E-state index in [0.717, 1.165) is 5.69 Å². The van der Waals surface area contributed by atoms with Gasteiger partial charge in [-0.2, -0.15) is 0 Å². The number of carboxylic acid groups (broad SMARTS) is 1. The van der Waals surface area contributed by atoms with Crippen molar-refractivity contribution in [2.24, 2.45) is 0 Å². The predicted octanol–water partition coefficient (Wildman–Crippen LogP) is 1.82. The highest BCUT2D eigenvalue weighted by Gasteiger charge is 2.01. The lowest BCUT2D eigenvalue weighted by Crippen LogP contribution is -2.02. The third kappa shape index (κ3) is 2.83. The van der Waals surface area contributed by atoms with E-state index in [2.05, 4.69) is 11.2 Å². The minimum atomic E-state index is -0.925. The lowest BCUT2D eigenvalue weighted by atomic mass is 10.2. The maximum Gasteiger partial charge on any atom is 0.335 e. The Labute approximate surface area is 82.8 Å². The van der Waals surface area contributed by atoms with E-state index in [-0.39, 0.29) is 5.56 Å². The summed E-state index contributed by atoms with van der Waals surface area (Å²) in [6, 6.07) is 6.64. The van der Waals surface area contributed by atoms with Crippen LogP contribution in [-0.4, -0.2) is 17.6 Å². The zero-order valence-electron chi connectivity index (χ0n) is 7.66. The van der Waals surface area contributed by atoms with Crippen LogP contribution in [0.1, 0.15) is 16.8 Å². The Balaban J connectivity index is 2.65. The largest absolute Gasteiger partial charge is 0.478 e. The highest BCUT2D eigenvalue weighted by atomic mass is 16.4. The molecule has 0 heterocycles. The van der Waals surface area contributed by atoms with Gasteiger partial charge in [0.1, 0.15) is 0 Å². The molecule has 0 amide bonds. The van der Waals surface area contributed by atoms with E-state index in [1.165, 1.54) is 0 Å². The average Bonchev–Trinajstić information content (AvgIpc) is 2.19. The standard InChI is InChI=1S/C11H11NO2/c1-2-3-7-12-10-6-4-5-9(8-10)11(13)14/h1,4-6,8,12H,3,7H2,(H,13,14). The molecule has 14 heavy (non-hydrogen) atoms. The van der Waals surface area contributed by atoms with Crippen molar-refractivity contribution in [3.8, 4) is 12.3 Å². The molecule has 0 unspecified atom stereocenters. The molecule has 0 spiro atoms. The van der Waals surface area contributed by atoms with Crippen LogP contribution < -0.4 is 5.32 Å². The van der Waals surface area contributed by atoms with Crippen molar-refractivity contribution in [3.63, 3.8) is 0 Å². The molecule has 0 fully saturated rings. The van der Waals surface area contributed by atoms with E-state index in [1.807, 2.05) is 6.07 Å². The number of benzene rings is 1. The summed E-state index contributed by atoms with van der Waals surface area (Å²) < 4.78 is 0. The molecule has 3 heteroatoms. The van der Waals surface area contributed by atoms with E-state index in [1.54, 1.807) is 18.2 Å². The number of hydrogen-bond acceptors (Lipinski definition) is 2. The highest BCUT2D eigenvalue weighted by Crippen LogP contribution is 2.10. The fraction of sp³-hybridized carbons (Fsp3) is 0.182. The molecule has 0 saturated heterocycles. The van der Waals surface area contributed by atoms with E-state index in [0.29, 0.717) is 13.0 Å². The Morgan fingerprint density at radius 2 is 2.36 bits per heavy atom. The smallest absolute Gasteiger partial charge is 0.335 e. The van der Waals surface area contributed by atoms with Gasteiger partial charge in [-0.25, -0.2) is 4.79 Å². The first-order chi connectivity index (χ1) is 6.74. The minimum Gasteiger partial charge on any atom is -0.478 e. The van der Waals surface area contributed by atoms with Gasteiger partial charge in [0, 0.05) is 18.7 Å². The first-order valence-corrected chi connectivity index (χ1v) is 4.24.